The van der Waals surface area contributed by atoms with Crippen LogP contribution >= 0.6 is 15.9 Å². The Balaban J connectivity index is 2.38. The summed E-state index contributed by atoms with van der Waals surface area (Å²) in [6.07, 6.45) is 5.44. The van der Waals surface area contributed by atoms with Gasteiger partial charge in [-0.1, -0.05) is 28.1 Å². The van der Waals surface area contributed by atoms with Crippen molar-refractivity contribution >= 4 is 26.7 Å². The average Bonchev–Trinajstić information content (AvgIpc) is 2.82. The largest absolute Gasteiger partial charge is 0.237 e. The number of pyridine rings is 1. The highest BCUT2D eigenvalue weighted by molar-refractivity contribution is 9.10. The Hall–Kier alpha value is -1.68. The van der Waals surface area contributed by atoms with Crippen LogP contribution < -0.4 is 0 Å². The second-order valence-corrected chi connectivity index (χ2v) is 4.27. The third kappa shape index (κ3) is 1.42. The molecule has 3 nitrogen and oxygen atoms in total. The van der Waals surface area contributed by atoms with E-state index < -0.39 is 0 Å². The summed E-state index contributed by atoms with van der Waals surface area (Å²) < 4.78 is 2.84. The summed E-state index contributed by atoms with van der Waals surface area (Å²) in [7, 11) is 0. The van der Waals surface area contributed by atoms with Crippen LogP contribution in [0.3, 0.4) is 0 Å². The second kappa shape index (κ2) is 3.72. The molecule has 2 heterocycles. The van der Waals surface area contributed by atoms with Crippen molar-refractivity contribution in [3.05, 3.63) is 53.4 Å². The summed E-state index contributed by atoms with van der Waals surface area (Å²) in [5.41, 5.74) is 0. The van der Waals surface area contributed by atoms with E-state index in [4.69, 9.17) is 0 Å². The first-order valence-corrected chi connectivity index (χ1v) is 5.69. The standard InChI is InChI=1S/C12H8BrN3/c13-11-4-1-3-10-9(11)5-7-14-12(10)16-8-2-6-15-16/h1-8H. The molecule has 78 valence electrons. The highest BCUT2D eigenvalue weighted by Crippen LogP contribution is 2.26. The second-order valence-electron chi connectivity index (χ2n) is 3.42. The highest BCUT2D eigenvalue weighted by atomic mass is 79.9. The molecule has 4 heteroatoms. The molecular formula is C12H8BrN3. The molecule has 16 heavy (non-hydrogen) atoms. The van der Waals surface area contributed by atoms with Crippen LogP contribution in [-0.2, 0) is 0 Å². The normalized spacial score (nSPS) is 10.8. The van der Waals surface area contributed by atoms with E-state index in [0.717, 1.165) is 21.1 Å². The average molecular weight is 274 g/mol. The van der Waals surface area contributed by atoms with Gasteiger partial charge in [-0.05, 0) is 18.2 Å². The van der Waals surface area contributed by atoms with Gasteiger partial charge < -0.3 is 0 Å². The van der Waals surface area contributed by atoms with Gasteiger partial charge in [-0.15, -0.1) is 0 Å². The number of hydrogen-bond acceptors (Lipinski definition) is 2. The molecule has 0 aliphatic carbocycles. The molecule has 0 unspecified atom stereocenters. The molecule has 0 fully saturated rings. The van der Waals surface area contributed by atoms with Crippen LogP contribution in [0.2, 0.25) is 0 Å². The van der Waals surface area contributed by atoms with Crippen molar-refractivity contribution in [2.24, 2.45) is 0 Å². The van der Waals surface area contributed by atoms with E-state index in [9.17, 15) is 0 Å². The van der Waals surface area contributed by atoms with Crippen LogP contribution in [0.4, 0.5) is 0 Å². The van der Waals surface area contributed by atoms with E-state index >= 15 is 0 Å². The number of benzene rings is 1. The summed E-state index contributed by atoms with van der Waals surface area (Å²) in [5.74, 6) is 0.851. The van der Waals surface area contributed by atoms with Gasteiger partial charge >= 0.3 is 0 Å². The zero-order chi connectivity index (χ0) is 11.0. The Morgan fingerprint density at radius 3 is 2.75 bits per heavy atom. The zero-order valence-electron chi connectivity index (χ0n) is 8.34. The summed E-state index contributed by atoms with van der Waals surface area (Å²) >= 11 is 3.54. The van der Waals surface area contributed by atoms with E-state index in [2.05, 4.69) is 26.0 Å². The fourth-order valence-corrected chi connectivity index (χ4v) is 2.23. The maximum Gasteiger partial charge on any atom is 0.161 e. The molecule has 2 aromatic heterocycles. The van der Waals surface area contributed by atoms with Crippen LogP contribution in [0.25, 0.3) is 16.6 Å². The van der Waals surface area contributed by atoms with Crippen LogP contribution in [0.1, 0.15) is 0 Å². The third-order valence-corrected chi connectivity index (χ3v) is 3.14. The van der Waals surface area contributed by atoms with Crippen molar-refractivity contribution in [1.29, 1.82) is 0 Å². The quantitative estimate of drug-likeness (QED) is 0.682. The molecule has 0 N–H and O–H groups in total. The molecule has 0 bridgehead atoms. The molecule has 0 aliphatic heterocycles. The van der Waals surface area contributed by atoms with Crippen molar-refractivity contribution in [2.75, 3.05) is 0 Å². The SMILES string of the molecule is Brc1cccc2c(-n3cccn3)nccc12. The van der Waals surface area contributed by atoms with Gasteiger partial charge in [0, 0.05) is 33.8 Å². The van der Waals surface area contributed by atoms with Gasteiger partial charge in [-0.3, -0.25) is 0 Å². The molecule has 0 saturated carbocycles. The fraction of sp³-hybridized carbons (Fsp3) is 0. The van der Waals surface area contributed by atoms with Gasteiger partial charge in [0.1, 0.15) is 0 Å². The number of rotatable bonds is 1. The van der Waals surface area contributed by atoms with Gasteiger partial charge in [0.05, 0.1) is 0 Å². The smallest absolute Gasteiger partial charge is 0.161 e. The van der Waals surface area contributed by atoms with E-state index in [-0.39, 0.29) is 0 Å². The van der Waals surface area contributed by atoms with Crippen molar-refractivity contribution in [2.45, 2.75) is 0 Å². The first-order chi connectivity index (χ1) is 7.86. The molecule has 3 aromatic rings. The van der Waals surface area contributed by atoms with Gasteiger partial charge in [0.15, 0.2) is 5.82 Å². The lowest BCUT2D eigenvalue weighted by molar-refractivity contribution is 0.856. The monoisotopic (exact) mass is 273 g/mol. The number of fused-ring (bicyclic) bond motifs is 1. The molecule has 0 radical (unpaired) electrons. The molecule has 0 spiro atoms. The fourth-order valence-electron chi connectivity index (χ4n) is 1.73. The van der Waals surface area contributed by atoms with Crippen LogP contribution in [-0.4, -0.2) is 14.8 Å². The Morgan fingerprint density at radius 1 is 1.00 bits per heavy atom. The van der Waals surface area contributed by atoms with Gasteiger partial charge in [-0.25, -0.2) is 9.67 Å². The molecule has 0 aliphatic rings. The lowest BCUT2D eigenvalue weighted by atomic mass is 10.1. The summed E-state index contributed by atoms with van der Waals surface area (Å²) in [6.45, 7) is 0. The van der Waals surface area contributed by atoms with Crippen molar-refractivity contribution < 1.29 is 0 Å². The molecule has 3 rings (SSSR count). The minimum Gasteiger partial charge on any atom is -0.237 e. The predicted molar refractivity (Wildman–Crippen MR) is 66.6 cm³/mol. The van der Waals surface area contributed by atoms with Gasteiger partial charge in [-0.2, -0.15) is 5.10 Å². The molecule has 0 amide bonds. The molecule has 0 atom stereocenters. The van der Waals surface area contributed by atoms with Gasteiger partial charge in [0.25, 0.3) is 0 Å². The zero-order valence-corrected chi connectivity index (χ0v) is 9.92. The first-order valence-electron chi connectivity index (χ1n) is 4.89. The number of aromatic nitrogens is 3. The maximum atomic E-state index is 4.37. The van der Waals surface area contributed by atoms with E-state index in [1.807, 2.05) is 36.5 Å². The lowest BCUT2D eigenvalue weighted by Gasteiger charge is -2.06. The number of halogens is 1. The Morgan fingerprint density at radius 2 is 1.94 bits per heavy atom. The highest BCUT2D eigenvalue weighted by Gasteiger charge is 2.05. The molecular weight excluding hydrogens is 266 g/mol. The van der Waals surface area contributed by atoms with Gasteiger partial charge in [0.2, 0.25) is 0 Å². The third-order valence-electron chi connectivity index (χ3n) is 2.45. The van der Waals surface area contributed by atoms with Crippen LogP contribution in [0.5, 0.6) is 0 Å². The number of nitrogens with zero attached hydrogens (tertiary/aromatic N) is 3. The van der Waals surface area contributed by atoms with Crippen LogP contribution in [0.15, 0.2) is 53.4 Å². The topological polar surface area (TPSA) is 30.7 Å². The minimum atomic E-state index is 0.851. The molecule has 0 saturated heterocycles. The van der Waals surface area contributed by atoms with Crippen LogP contribution in [0, 0.1) is 0 Å². The van der Waals surface area contributed by atoms with Crippen molar-refractivity contribution in [1.82, 2.24) is 14.8 Å². The van der Waals surface area contributed by atoms with E-state index in [1.165, 1.54) is 0 Å². The summed E-state index contributed by atoms with van der Waals surface area (Å²) in [4.78, 5) is 4.37. The predicted octanol–water partition coefficient (Wildman–Crippen LogP) is 3.18. The first kappa shape index (κ1) is 9.54. The Kier molecular flexibility index (Phi) is 2.22. The maximum absolute atomic E-state index is 4.37. The van der Waals surface area contributed by atoms with Crippen molar-refractivity contribution in [3.8, 4) is 5.82 Å². The summed E-state index contributed by atoms with van der Waals surface area (Å²) in [5, 5.41) is 6.43. The lowest BCUT2D eigenvalue weighted by Crippen LogP contribution is -1.98. The van der Waals surface area contributed by atoms with E-state index in [1.54, 1.807) is 17.1 Å². The van der Waals surface area contributed by atoms with E-state index in [0.29, 0.717) is 0 Å². The molecule has 1 aromatic carbocycles. The number of hydrogen-bond donors (Lipinski definition) is 0. The van der Waals surface area contributed by atoms with Crippen molar-refractivity contribution in [3.63, 3.8) is 0 Å². The summed E-state index contributed by atoms with van der Waals surface area (Å²) in [6, 6.07) is 9.95. The minimum absolute atomic E-state index is 0.851. The Labute approximate surface area is 101 Å². The Bertz CT molecular complexity index is 632.